The summed E-state index contributed by atoms with van der Waals surface area (Å²) in [6, 6.07) is 6.35. The summed E-state index contributed by atoms with van der Waals surface area (Å²) in [5.74, 6) is 0.976. The first-order valence-corrected chi connectivity index (χ1v) is 5.68. The molecule has 1 atom stereocenters. The lowest BCUT2D eigenvalue weighted by molar-refractivity contribution is 0.315. The molecular weight excluding hydrogens is 186 g/mol. The van der Waals surface area contributed by atoms with Crippen molar-refractivity contribution in [2.45, 2.75) is 39.7 Å². The minimum atomic E-state index is 0.143. The largest absolute Gasteiger partial charge is 0.493 e. The molecular formula is C13H21NO. The average molecular weight is 207 g/mol. The third-order valence-corrected chi connectivity index (χ3v) is 2.53. The Bertz CT molecular complexity index is 309. The summed E-state index contributed by atoms with van der Waals surface area (Å²) < 4.78 is 5.61. The first kappa shape index (κ1) is 12.1. The van der Waals surface area contributed by atoms with Crippen LogP contribution < -0.4 is 10.5 Å². The van der Waals surface area contributed by atoms with Crippen molar-refractivity contribution in [3.05, 3.63) is 29.3 Å². The highest BCUT2D eigenvalue weighted by molar-refractivity contribution is 5.37. The van der Waals surface area contributed by atoms with Crippen LogP contribution in [0.4, 0.5) is 0 Å². The van der Waals surface area contributed by atoms with Crippen LogP contribution in [0.3, 0.4) is 0 Å². The zero-order chi connectivity index (χ0) is 11.3. The maximum absolute atomic E-state index is 5.97. The second kappa shape index (κ2) is 5.76. The van der Waals surface area contributed by atoms with Gasteiger partial charge in [0.1, 0.15) is 5.75 Å². The number of hydrogen-bond donors (Lipinski definition) is 1. The predicted molar refractivity (Wildman–Crippen MR) is 64.2 cm³/mol. The molecule has 0 spiro atoms. The number of benzene rings is 1. The zero-order valence-corrected chi connectivity index (χ0v) is 9.92. The molecule has 84 valence electrons. The molecule has 1 aromatic rings. The lowest BCUT2D eigenvalue weighted by Gasteiger charge is -2.13. The second-order valence-electron chi connectivity index (χ2n) is 3.89. The molecule has 0 saturated heterocycles. The Morgan fingerprint density at radius 1 is 1.33 bits per heavy atom. The maximum Gasteiger partial charge on any atom is 0.122 e. The summed E-state index contributed by atoms with van der Waals surface area (Å²) >= 11 is 0. The maximum atomic E-state index is 5.97. The van der Waals surface area contributed by atoms with Crippen LogP contribution in [0.25, 0.3) is 0 Å². The number of hydrogen-bond acceptors (Lipinski definition) is 2. The number of ether oxygens (including phenoxy) is 1. The van der Waals surface area contributed by atoms with Crippen LogP contribution in [0.2, 0.25) is 0 Å². The van der Waals surface area contributed by atoms with Gasteiger partial charge in [0.15, 0.2) is 0 Å². The van der Waals surface area contributed by atoms with Crippen LogP contribution in [0.1, 0.15) is 43.9 Å². The minimum Gasteiger partial charge on any atom is -0.493 e. The standard InChI is InChI=1S/C13H21NO/c1-4-8-15-13-7-6-11(9-10(13)3)12(14)5-2/h6-7,9,12H,4-5,8,14H2,1-3H3/t12-/m1/s1. The van der Waals surface area contributed by atoms with Gasteiger partial charge in [-0.05, 0) is 37.0 Å². The molecule has 0 aliphatic heterocycles. The molecule has 0 heterocycles. The van der Waals surface area contributed by atoms with Crippen molar-refractivity contribution in [3.8, 4) is 5.75 Å². The number of aryl methyl sites for hydroxylation is 1. The van der Waals surface area contributed by atoms with E-state index in [1.807, 2.05) is 6.07 Å². The van der Waals surface area contributed by atoms with Gasteiger partial charge < -0.3 is 10.5 Å². The van der Waals surface area contributed by atoms with E-state index in [9.17, 15) is 0 Å². The topological polar surface area (TPSA) is 35.2 Å². The number of nitrogens with two attached hydrogens (primary N) is 1. The fourth-order valence-electron chi connectivity index (χ4n) is 1.51. The average Bonchev–Trinajstić information content (AvgIpc) is 2.26. The Kier molecular flexibility index (Phi) is 4.63. The quantitative estimate of drug-likeness (QED) is 0.804. The first-order chi connectivity index (χ1) is 7.19. The van der Waals surface area contributed by atoms with E-state index in [1.165, 1.54) is 11.1 Å². The van der Waals surface area contributed by atoms with Crippen LogP contribution in [-0.2, 0) is 0 Å². The van der Waals surface area contributed by atoms with Gasteiger partial charge >= 0.3 is 0 Å². The summed E-state index contributed by atoms with van der Waals surface area (Å²) in [5.41, 5.74) is 8.34. The van der Waals surface area contributed by atoms with Gasteiger partial charge in [0.2, 0.25) is 0 Å². The molecule has 2 N–H and O–H groups in total. The molecule has 0 fully saturated rings. The van der Waals surface area contributed by atoms with Crippen LogP contribution in [0.5, 0.6) is 5.75 Å². The third-order valence-electron chi connectivity index (χ3n) is 2.53. The van der Waals surface area contributed by atoms with Gasteiger partial charge in [0.05, 0.1) is 6.61 Å². The Balaban J connectivity index is 2.78. The highest BCUT2D eigenvalue weighted by Crippen LogP contribution is 2.23. The van der Waals surface area contributed by atoms with E-state index >= 15 is 0 Å². The van der Waals surface area contributed by atoms with E-state index in [2.05, 4.69) is 32.9 Å². The summed E-state index contributed by atoms with van der Waals surface area (Å²) in [5, 5.41) is 0. The van der Waals surface area contributed by atoms with E-state index < -0.39 is 0 Å². The Morgan fingerprint density at radius 2 is 2.07 bits per heavy atom. The van der Waals surface area contributed by atoms with E-state index in [-0.39, 0.29) is 6.04 Å². The molecule has 0 amide bonds. The van der Waals surface area contributed by atoms with Gasteiger partial charge in [-0.1, -0.05) is 26.0 Å². The normalized spacial score (nSPS) is 12.5. The Morgan fingerprint density at radius 3 is 2.60 bits per heavy atom. The molecule has 2 heteroatoms. The van der Waals surface area contributed by atoms with Crippen molar-refractivity contribution in [3.63, 3.8) is 0 Å². The lowest BCUT2D eigenvalue weighted by atomic mass is 10.0. The van der Waals surface area contributed by atoms with E-state index in [1.54, 1.807) is 0 Å². The fourth-order valence-corrected chi connectivity index (χ4v) is 1.51. The Hall–Kier alpha value is -1.02. The molecule has 0 saturated carbocycles. The van der Waals surface area contributed by atoms with Crippen molar-refractivity contribution < 1.29 is 4.74 Å². The van der Waals surface area contributed by atoms with Gasteiger partial charge in [-0.25, -0.2) is 0 Å². The Labute approximate surface area is 92.4 Å². The van der Waals surface area contributed by atoms with Crippen molar-refractivity contribution in [1.29, 1.82) is 0 Å². The van der Waals surface area contributed by atoms with Crippen molar-refractivity contribution in [2.24, 2.45) is 5.73 Å². The second-order valence-corrected chi connectivity index (χ2v) is 3.89. The van der Waals surface area contributed by atoms with E-state index in [0.29, 0.717) is 0 Å². The molecule has 15 heavy (non-hydrogen) atoms. The third kappa shape index (κ3) is 3.24. The van der Waals surface area contributed by atoms with E-state index in [4.69, 9.17) is 10.5 Å². The predicted octanol–water partition coefficient (Wildman–Crippen LogP) is 3.19. The van der Waals surface area contributed by atoms with Crippen LogP contribution in [-0.4, -0.2) is 6.61 Å². The molecule has 0 aliphatic carbocycles. The molecule has 1 rings (SSSR count). The highest BCUT2D eigenvalue weighted by Gasteiger charge is 2.06. The monoisotopic (exact) mass is 207 g/mol. The smallest absolute Gasteiger partial charge is 0.122 e. The van der Waals surface area contributed by atoms with Gasteiger partial charge in [0.25, 0.3) is 0 Å². The molecule has 0 aromatic heterocycles. The van der Waals surface area contributed by atoms with Gasteiger partial charge in [-0.2, -0.15) is 0 Å². The highest BCUT2D eigenvalue weighted by atomic mass is 16.5. The molecule has 2 nitrogen and oxygen atoms in total. The summed E-state index contributed by atoms with van der Waals surface area (Å²) in [7, 11) is 0. The molecule has 0 radical (unpaired) electrons. The van der Waals surface area contributed by atoms with Gasteiger partial charge in [-0.3, -0.25) is 0 Å². The summed E-state index contributed by atoms with van der Waals surface area (Å²) in [6.07, 6.45) is 2.00. The summed E-state index contributed by atoms with van der Waals surface area (Å²) in [4.78, 5) is 0. The molecule has 0 unspecified atom stereocenters. The SMILES string of the molecule is CCCOc1ccc([C@H](N)CC)cc1C. The van der Waals surface area contributed by atoms with E-state index in [0.717, 1.165) is 25.2 Å². The van der Waals surface area contributed by atoms with Crippen LogP contribution >= 0.6 is 0 Å². The summed E-state index contributed by atoms with van der Waals surface area (Å²) in [6.45, 7) is 7.05. The van der Waals surface area contributed by atoms with Gasteiger partial charge in [0, 0.05) is 6.04 Å². The van der Waals surface area contributed by atoms with Gasteiger partial charge in [-0.15, -0.1) is 0 Å². The first-order valence-electron chi connectivity index (χ1n) is 5.68. The van der Waals surface area contributed by atoms with Crippen molar-refractivity contribution in [2.75, 3.05) is 6.61 Å². The molecule has 1 aromatic carbocycles. The molecule has 0 bridgehead atoms. The molecule has 0 aliphatic rings. The minimum absolute atomic E-state index is 0.143. The number of rotatable bonds is 5. The van der Waals surface area contributed by atoms with Crippen molar-refractivity contribution in [1.82, 2.24) is 0 Å². The van der Waals surface area contributed by atoms with Crippen LogP contribution in [0, 0.1) is 6.92 Å². The van der Waals surface area contributed by atoms with Crippen molar-refractivity contribution >= 4 is 0 Å². The van der Waals surface area contributed by atoms with Crippen LogP contribution in [0.15, 0.2) is 18.2 Å². The fraction of sp³-hybridized carbons (Fsp3) is 0.538. The zero-order valence-electron chi connectivity index (χ0n) is 9.92. The lowest BCUT2D eigenvalue weighted by Crippen LogP contribution is -2.09.